The summed E-state index contributed by atoms with van der Waals surface area (Å²) in [6.45, 7) is 2.11. The van der Waals surface area contributed by atoms with Gasteiger partial charge in [0.25, 0.3) is 0 Å². The van der Waals surface area contributed by atoms with Crippen molar-refractivity contribution in [1.82, 2.24) is 10.2 Å². The van der Waals surface area contributed by atoms with Gasteiger partial charge in [-0.25, -0.2) is 0 Å². The summed E-state index contributed by atoms with van der Waals surface area (Å²) in [5.41, 5.74) is 7.13. The molecule has 4 N–H and O–H groups in total. The number of anilines is 1. The zero-order chi connectivity index (χ0) is 26.5. The number of amides is 4. The number of likely N-dealkylation sites (tertiary alicyclic amines) is 1. The monoisotopic (exact) mass is 506 g/mol. The first-order valence-electron chi connectivity index (χ1n) is 12.3. The molecule has 1 spiro atoms. The zero-order valence-electron chi connectivity index (χ0n) is 21.0. The Kier molecular flexibility index (Phi) is 6.15. The second kappa shape index (κ2) is 9.19. The van der Waals surface area contributed by atoms with Crippen molar-refractivity contribution in [2.24, 2.45) is 17.6 Å². The summed E-state index contributed by atoms with van der Waals surface area (Å²) >= 11 is 0. The molecule has 2 fully saturated rings. The van der Waals surface area contributed by atoms with Crippen LogP contribution in [0.5, 0.6) is 11.5 Å². The molecular weight excluding hydrogens is 476 g/mol. The lowest BCUT2D eigenvalue weighted by molar-refractivity contribution is -0.142. The lowest BCUT2D eigenvalue weighted by atomic mass is 9.76. The number of carbonyl (C=O) groups excluding carboxylic acids is 4. The van der Waals surface area contributed by atoms with Crippen molar-refractivity contribution in [1.29, 1.82) is 0 Å². The summed E-state index contributed by atoms with van der Waals surface area (Å²) in [4.78, 5) is 54.2. The minimum absolute atomic E-state index is 0.128. The maximum absolute atomic E-state index is 13.9. The molecule has 194 valence electrons. The number of methoxy groups -OCH3 is 2. The van der Waals surface area contributed by atoms with Gasteiger partial charge in [0, 0.05) is 30.3 Å². The van der Waals surface area contributed by atoms with Crippen molar-refractivity contribution in [3.63, 3.8) is 0 Å². The molecule has 2 aromatic carbocycles. The topological polar surface area (TPSA) is 140 Å². The molecule has 2 saturated heterocycles. The van der Waals surface area contributed by atoms with E-state index in [-0.39, 0.29) is 13.0 Å². The number of nitrogens with one attached hydrogen (secondary N) is 2. The van der Waals surface area contributed by atoms with Crippen LogP contribution in [0, 0.1) is 11.8 Å². The first-order valence-corrected chi connectivity index (χ1v) is 12.3. The zero-order valence-corrected chi connectivity index (χ0v) is 21.0. The van der Waals surface area contributed by atoms with Crippen LogP contribution >= 0.6 is 0 Å². The van der Waals surface area contributed by atoms with Crippen LogP contribution in [-0.2, 0) is 37.6 Å². The Hall–Kier alpha value is -3.92. The van der Waals surface area contributed by atoms with E-state index in [1.54, 1.807) is 25.3 Å². The number of nitrogens with zero attached hydrogens (tertiary/aromatic N) is 1. The summed E-state index contributed by atoms with van der Waals surface area (Å²) in [5.74, 6) is -2.58. The largest absolute Gasteiger partial charge is 0.493 e. The molecule has 3 aliphatic rings. The fourth-order valence-corrected chi connectivity index (χ4v) is 6.13. The molecule has 0 radical (unpaired) electrons. The third kappa shape index (κ3) is 3.66. The van der Waals surface area contributed by atoms with Gasteiger partial charge in [0.15, 0.2) is 11.5 Å². The molecule has 10 heteroatoms. The summed E-state index contributed by atoms with van der Waals surface area (Å²) in [7, 11) is 3.08. The molecule has 0 unspecified atom stereocenters. The molecule has 0 saturated carbocycles. The molecule has 3 heterocycles. The molecule has 10 nitrogen and oxygen atoms in total. The van der Waals surface area contributed by atoms with Gasteiger partial charge in [-0.1, -0.05) is 31.2 Å². The fraction of sp³-hybridized carbons (Fsp3) is 0.407. The van der Waals surface area contributed by atoms with E-state index in [4.69, 9.17) is 15.2 Å². The molecular formula is C27H30N4O6. The van der Waals surface area contributed by atoms with Crippen molar-refractivity contribution in [2.75, 3.05) is 26.1 Å². The van der Waals surface area contributed by atoms with E-state index in [1.165, 1.54) is 12.0 Å². The standard InChI is InChI=1S/C27H30N4O6/c1-4-15-6-5-7-16-23(15)29-26(35)27(16)22-21(17(30-27)13-20(28)32)24(33)31(25(22)34)11-10-14-8-9-18(36-2)19(12-14)37-3/h5-9,12,17,21-22,30H,4,10-11,13H2,1-3H3,(H2,28,32)(H,29,35)/t17-,21+,22-,27-/m0/s1. The number of hydrogen-bond donors (Lipinski definition) is 3. The van der Waals surface area contributed by atoms with Crippen molar-refractivity contribution in [3.05, 3.63) is 53.1 Å². The number of ether oxygens (including phenoxy) is 2. The number of fused-ring (bicyclic) bond motifs is 4. The lowest BCUT2D eigenvalue weighted by Gasteiger charge is -2.29. The first kappa shape index (κ1) is 24.8. The maximum Gasteiger partial charge on any atom is 0.250 e. The van der Waals surface area contributed by atoms with Crippen LogP contribution < -0.4 is 25.8 Å². The number of benzene rings is 2. The van der Waals surface area contributed by atoms with Gasteiger partial charge in [-0.05, 0) is 36.1 Å². The van der Waals surface area contributed by atoms with Crippen LogP contribution in [0.3, 0.4) is 0 Å². The summed E-state index contributed by atoms with van der Waals surface area (Å²) in [6.07, 6.45) is 0.908. The first-order chi connectivity index (χ1) is 17.8. The minimum Gasteiger partial charge on any atom is -0.493 e. The van der Waals surface area contributed by atoms with Crippen LogP contribution in [0.1, 0.15) is 30.0 Å². The Morgan fingerprint density at radius 3 is 2.51 bits per heavy atom. The normalized spacial score (nSPS) is 25.9. The molecule has 0 aliphatic carbocycles. The van der Waals surface area contributed by atoms with E-state index in [0.717, 1.165) is 11.1 Å². The number of rotatable bonds is 8. The Balaban J connectivity index is 1.50. The second-order valence-corrected chi connectivity index (χ2v) is 9.65. The SMILES string of the molecule is CCc1cccc2c1NC(=O)[C@]21N[C@@H](CC(N)=O)[C@H]2C(=O)N(CCc3ccc(OC)c(OC)c3)C(=O)[C@H]21. The van der Waals surface area contributed by atoms with Crippen molar-refractivity contribution >= 4 is 29.3 Å². The van der Waals surface area contributed by atoms with E-state index in [0.29, 0.717) is 35.6 Å². The van der Waals surface area contributed by atoms with Gasteiger partial charge < -0.3 is 20.5 Å². The van der Waals surface area contributed by atoms with E-state index < -0.39 is 47.0 Å². The third-order valence-electron chi connectivity index (χ3n) is 7.80. The van der Waals surface area contributed by atoms with E-state index in [1.807, 2.05) is 25.1 Å². The summed E-state index contributed by atoms with van der Waals surface area (Å²) in [6, 6.07) is 10.2. The van der Waals surface area contributed by atoms with Gasteiger partial charge in [-0.2, -0.15) is 0 Å². The minimum atomic E-state index is -1.45. The molecule has 0 aromatic heterocycles. The van der Waals surface area contributed by atoms with Gasteiger partial charge >= 0.3 is 0 Å². The van der Waals surface area contributed by atoms with Gasteiger partial charge in [0.2, 0.25) is 23.6 Å². The van der Waals surface area contributed by atoms with Crippen LogP contribution in [0.2, 0.25) is 0 Å². The highest BCUT2D eigenvalue weighted by Gasteiger charge is 2.70. The predicted molar refractivity (Wildman–Crippen MR) is 134 cm³/mol. The summed E-state index contributed by atoms with van der Waals surface area (Å²) < 4.78 is 10.6. The number of para-hydroxylation sites is 1. The molecule has 0 bridgehead atoms. The van der Waals surface area contributed by atoms with Crippen molar-refractivity contribution < 1.29 is 28.7 Å². The van der Waals surface area contributed by atoms with Gasteiger partial charge in [-0.15, -0.1) is 0 Å². The van der Waals surface area contributed by atoms with Crippen LogP contribution in [0.15, 0.2) is 36.4 Å². The maximum atomic E-state index is 13.9. The Bertz CT molecular complexity index is 1310. The van der Waals surface area contributed by atoms with Gasteiger partial charge in [-0.3, -0.25) is 29.4 Å². The Morgan fingerprint density at radius 2 is 1.84 bits per heavy atom. The van der Waals surface area contributed by atoms with Crippen LogP contribution in [0.25, 0.3) is 0 Å². The van der Waals surface area contributed by atoms with E-state index in [9.17, 15) is 19.2 Å². The average Bonchev–Trinajstić information content (AvgIpc) is 3.46. The Morgan fingerprint density at radius 1 is 1.08 bits per heavy atom. The van der Waals surface area contributed by atoms with E-state index >= 15 is 0 Å². The molecule has 5 rings (SSSR count). The highest BCUT2D eigenvalue weighted by atomic mass is 16.5. The van der Waals surface area contributed by atoms with E-state index in [2.05, 4.69) is 10.6 Å². The number of aryl methyl sites for hydroxylation is 1. The highest BCUT2D eigenvalue weighted by molar-refractivity contribution is 6.15. The lowest BCUT2D eigenvalue weighted by Crippen LogP contribution is -2.53. The van der Waals surface area contributed by atoms with Crippen LogP contribution in [-0.4, -0.2) is 55.3 Å². The quantitative estimate of drug-likeness (QED) is 0.456. The summed E-state index contributed by atoms with van der Waals surface area (Å²) in [5, 5.41) is 6.17. The van der Waals surface area contributed by atoms with Crippen LogP contribution in [0.4, 0.5) is 5.69 Å². The fourth-order valence-electron chi connectivity index (χ4n) is 6.13. The number of nitrogens with two attached hydrogens (primary N) is 1. The van der Waals surface area contributed by atoms with Gasteiger partial charge in [0.05, 0.1) is 26.1 Å². The van der Waals surface area contributed by atoms with Gasteiger partial charge in [0.1, 0.15) is 5.54 Å². The molecule has 37 heavy (non-hydrogen) atoms. The number of primary amides is 1. The predicted octanol–water partition coefficient (Wildman–Crippen LogP) is 1.10. The molecule has 4 amide bonds. The highest BCUT2D eigenvalue weighted by Crippen LogP contribution is 2.54. The number of hydrogen-bond acceptors (Lipinski definition) is 7. The van der Waals surface area contributed by atoms with Crippen molar-refractivity contribution in [3.8, 4) is 11.5 Å². The second-order valence-electron chi connectivity index (χ2n) is 9.65. The van der Waals surface area contributed by atoms with Crippen molar-refractivity contribution in [2.45, 2.75) is 37.8 Å². The number of imide groups is 1. The average molecular weight is 507 g/mol. The molecule has 2 aromatic rings. The molecule has 4 atom stereocenters. The third-order valence-corrected chi connectivity index (χ3v) is 7.80. The number of carbonyl (C=O) groups is 4. The smallest absolute Gasteiger partial charge is 0.250 e. The molecule has 3 aliphatic heterocycles. The Labute approximate surface area is 214 Å².